The molecule has 1 aromatic carbocycles. The van der Waals surface area contributed by atoms with E-state index in [1.807, 2.05) is 13.8 Å². The second-order valence-corrected chi connectivity index (χ2v) is 5.72. The van der Waals surface area contributed by atoms with E-state index in [-0.39, 0.29) is 56.7 Å². The van der Waals surface area contributed by atoms with Crippen molar-refractivity contribution < 1.29 is 13.1 Å². The summed E-state index contributed by atoms with van der Waals surface area (Å²) in [5, 5.41) is 8.24. The van der Waals surface area contributed by atoms with Crippen LogP contribution in [0.2, 0.25) is 5.02 Å². The molecule has 0 unspecified atom stereocenters. The summed E-state index contributed by atoms with van der Waals surface area (Å²) in [6.45, 7) is 4.00. The number of nitrogens with two attached hydrogens (primary N) is 1. The molecule has 0 saturated carbocycles. The summed E-state index contributed by atoms with van der Waals surface area (Å²) >= 11 is 5.57. The van der Waals surface area contributed by atoms with E-state index in [0.29, 0.717) is 6.29 Å². The summed E-state index contributed by atoms with van der Waals surface area (Å²) in [6, 6.07) is 2.34. The first-order valence-corrected chi connectivity index (χ1v) is 8.47. The highest BCUT2D eigenvalue weighted by Gasteiger charge is 2.19. The maximum atomic E-state index is 14.1. The fourth-order valence-electron chi connectivity index (χ4n) is 2.23. The third kappa shape index (κ3) is 3.54. The van der Waals surface area contributed by atoms with Crippen molar-refractivity contribution in [1.29, 1.82) is 5.41 Å². The fourth-order valence-corrected chi connectivity index (χ4v) is 2.80. The van der Waals surface area contributed by atoms with Gasteiger partial charge in [-0.15, -0.1) is 3.89 Å². The lowest BCUT2D eigenvalue weighted by atomic mass is 10.0. The van der Waals surface area contributed by atoms with Gasteiger partial charge in [-0.05, 0) is 12.1 Å². The highest BCUT2D eigenvalue weighted by molar-refractivity contribution is 7.92. The molecule has 26 heavy (non-hydrogen) atoms. The highest BCUT2D eigenvalue weighted by Crippen LogP contribution is 2.26. The molecule has 0 aliphatic rings. The predicted molar refractivity (Wildman–Crippen MR) is 100 cm³/mol. The van der Waals surface area contributed by atoms with Crippen LogP contribution in [0, 0.1) is 11.2 Å². The summed E-state index contributed by atoms with van der Waals surface area (Å²) in [5.74, 6) is -0.778. The molecule has 0 aliphatic heterocycles. The van der Waals surface area contributed by atoms with Gasteiger partial charge >= 0.3 is 0 Å². The number of nitrogens with one attached hydrogen (secondary N) is 1. The van der Waals surface area contributed by atoms with Gasteiger partial charge in [0.2, 0.25) is 0 Å². The second-order valence-electron chi connectivity index (χ2n) is 4.75. The average Bonchev–Trinajstić information content (AvgIpc) is 2.99. The van der Waals surface area contributed by atoms with E-state index in [0.717, 1.165) is 10.0 Å². The topological polar surface area (TPSA) is 97.6 Å². The van der Waals surface area contributed by atoms with Crippen LogP contribution >= 0.6 is 23.9 Å². The normalized spacial score (nSPS) is 10.3. The lowest BCUT2D eigenvalue weighted by Gasteiger charge is -2.09. The Kier molecular flexibility index (Phi) is 6.27. The van der Waals surface area contributed by atoms with Crippen molar-refractivity contribution in [2.75, 3.05) is 5.73 Å². The van der Waals surface area contributed by atoms with Crippen molar-refractivity contribution in [3.8, 4) is 0 Å². The van der Waals surface area contributed by atoms with Gasteiger partial charge in [-0.25, -0.2) is 18.3 Å². The Bertz CT molecular complexity index is 969. The van der Waals surface area contributed by atoms with Gasteiger partial charge in [-0.2, -0.15) is 0 Å². The van der Waals surface area contributed by atoms with Crippen molar-refractivity contribution in [3.63, 3.8) is 0 Å². The summed E-state index contributed by atoms with van der Waals surface area (Å²) in [7, 11) is 0. The monoisotopic (exact) mass is 397 g/mol. The molecule has 0 saturated heterocycles. The average molecular weight is 398 g/mol. The number of benzene rings is 1. The molecular weight excluding hydrogens is 384 g/mol. The lowest BCUT2D eigenvalue weighted by molar-refractivity contribution is 0.112. The molecule has 3 aromatic rings. The molecule has 0 bridgehead atoms. The zero-order valence-corrected chi connectivity index (χ0v) is 15.3. The molecule has 136 valence electrons. The van der Waals surface area contributed by atoms with Crippen molar-refractivity contribution in [2.24, 2.45) is 0 Å². The van der Waals surface area contributed by atoms with E-state index >= 15 is 0 Å². The first kappa shape index (κ1) is 19.8. The molecule has 3 N–H and O–H groups in total. The van der Waals surface area contributed by atoms with E-state index in [9.17, 15) is 13.1 Å². The van der Waals surface area contributed by atoms with E-state index in [1.54, 1.807) is 0 Å². The minimum atomic E-state index is -0.778. The zero-order chi connectivity index (χ0) is 19.4. The molecule has 6 nitrogen and oxygen atoms in total. The van der Waals surface area contributed by atoms with E-state index in [1.165, 1.54) is 18.5 Å². The summed E-state index contributed by atoms with van der Waals surface area (Å²) in [6.07, 6.45) is 2.90. The van der Waals surface area contributed by atoms with Crippen LogP contribution in [0.5, 0.6) is 0 Å². The molecule has 0 fully saturated rings. The van der Waals surface area contributed by atoms with Crippen molar-refractivity contribution >= 4 is 52.8 Å². The smallest absolute Gasteiger partial charge is 0.171 e. The number of hydrogen-bond acceptors (Lipinski definition) is 6. The van der Waals surface area contributed by atoms with E-state index in [4.69, 9.17) is 22.7 Å². The quantitative estimate of drug-likeness (QED) is 0.385. The molecular formula is C16H14ClF2N5OS. The van der Waals surface area contributed by atoms with Crippen molar-refractivity contribution in [1.82, 2.24) is 13.9 Å². The van der Waals surface area contributed by atoms with Crippen molar-refractivity contribution in [3.05, 3.63) is 52.2 Å². The maximum Gasteiger partial charge on any atom is 0.171 e. The minimum Gasteiger partial charge on any atom is -0.398 e. The second kappa shape index (κ2) is 8.24. The standard InChI is InChI=1S/C14H8ClF2N5OS.C2H6/c15-7-1-8(16)11(9(18)2-7)12(19)10-3-20-14-13(21-10)6(5-23)4-22(14)24-17;1-2/h1-5,19H,18H2;1-2H3. The van der Waals surface area contributed by atoms with Gasteiger partial charge in [0, 0.05) is 16.9 Å². The van der Waals surface area contributed by atoms with Gasteiger partial charge in [0.15, 0.2) is 24.3 Å². The molecule has 0 spiro atoms. The Labute approximate surface area is 157 Å². The van der Waals surface area contributed by atoms with Crippen LogP contribution in [0.25, 0.3) is 11.2 Å². The van der Waals surface area contributed by atoms with Crippen LogP contribution in [0.1, 0.15) is 35.5 Å². The Hall–Kier alpha value is -2.52. The largest absolute Gasteiger partial charge is 0.398 e. The minimum absolute atomic E-state index is 0.0138. The number of carbonyl (C=O) groups is 1. The van der Waals surface area contributed by atoms with Gasteiger partial charge in [-0.1, -0.05) is 25.4 Å². The summed E-state index contributed by atoms with van der Waals surface area (Å²) in [5.41, 5.74) is 5.50. The Balaban J connectivity index is 0.00000117. The number of carbonyl (C=O) groups excluding carboxylic acids is 1. The van der Waals surface area contributed by atoms with Gasteiger partial charge in [-0.3, -0.25) is 10.2 Å². The molecule has 10 heteroatoms. The Morgan fingerprint density at radius 3 is 2.69 bits per heavy atom. The molecule has 0 amide bonds. The molecule has 2 heterocycles. The summed E-state index contributed by atoms with van der Waals surface area (Å²) in [4.78, 5) is 19.2. The number of aromatic nitrogens is 3. The number of fused-ring (bicyclic) bond motifs is 1. The Morgan fingerprint density at radius 1 is 1.42 bits per heavy atom. The van der Waals surface area contributed by atoms with Crippen LogP contribution in [0.4, 0.5) is 14.0 Å². The molecule has 0 radical (unpaired) electrons. The molecule has 2 aromatic heterocycles. The third-order valence-corrected chi connectivity index (χ3v) is 3.93. The molecule has 0 atom stereocenters. The van der Waals surface area contributed by atoms with Gasteiger partial charge < -0.3 is 5.73 Å². The van der Waals surface area contributed by atoms with Crippen LogP contribution in [-0.2, 0) is 0 Å². The van der Waals surface area contributed by atoms with Crippen molar-refractivity contribution in [2.45, 2.75) is 13.8 Å². The van der Waals surface area contributed by atoms with E-state index < -0.39 is 5.82 Å². The number of nitrogen functional groups attached to an aromatic ring is 1. The third-order valence-electron chi connectivity index (χ3n) is 3.28. The maximum absolute atomic E-state index is 14.1. The van der Waals surface area contributed by atoms with Gasteiger partial charge in [0.05, 0.1) is 23.0 Å². The SMILES string of the molecule is CC.N=C(c1cnc2c(n1)c(C=O)cn2SF)c1c(N)cc(Cl)cc1F. The first-order chi connectivity index (χ1) is 12.5. The number of rotatable bonds is 4. The number of halogens is 3. The van der Waals surface area contributed by atoms with Gasteiger partial charge in [0.25, 0.3) is 0 Å². The number of hydrogen-bond donors (Lipinski definition) is 2. The number of aldehydes is 1. The van der Waals surface area contributed by atoms with Crippen LogP contribution in [0.15, 0.2) is 24.5 Å². The van der Waals surface area contributed by atoms with Crippen LogP contribution in [-0.4, -0.2) is 25.9 Å². The van der Waals surface area contributed by atoms with E-state index in [2.05, 4.69) is 9.97 Å². The highest BCUT2D eigenvalue weighted by atomic mass is 35.5. The predicted octanol–water partition coefficient (Wildman–Crippen LogP) is 4.44. The summed E-state index contributed by atoms with van der Waals surface area (Å²) < 4.78 is 28.0. The molecule has 3 rings (SSSR count). The first-order valence-electron chi connectivity index (χ1n) is 7.42. The number of anilines is 1. The zero-order valence-electron chi connectivity index (χ0n) is 13.8. The Morgan fingerprint density at radius 2 is 2.12 bits per heavy atom. The van der Waals surface area contributed by atoms with Crippen LogP contribution < -0.4 is 5.73 Å². The lowest BCUT2D eigenvalue weighted by Crippen LogP contribution is -2.11. The van der Waals surface area contributed by atoms with Crippen LogP contribution in [0.3, 0.4) is 0 Å². The fraction of sp³-hybridized carbons (Fsp3) is 0.125. The molecule has 0 aliphatic carbocycles. The van der Waals surface area contributed by atoms with Gasteiger partial charge in [0.1, 0.15) is 17.0 Å². The number of nitrogens with zero attached hydrogens (tertiary/aromatic N) is 3.